The molecule has 9 nitrogen and oxygen atoms in total. The quantitative estimate of drug-likeness (QED) is 0.294. The van der Waals surface area contributed by atoms with Gasteiger partial charge in [-0.05, 0) is 38.3 Å². The third-order valence-corrected chi connectivity index (χ3v) is 6.32. The predicted octanol–water partition coefficient (Wildman–Crippen LogP) is -0.603. The molecule has 170 valence electrons. The third-order valence-electron chi connectivity index (χ3n) is 6.32. The van der Waals surface area contributed by atoms with E-state index in [4.69, 9.17) is 14.2 Å². The third kappa shape index (κ3) is 4.62. The Morgan fingerprint density at radius 3 is 2.50 bits per heavy atom. The predicted molar refractivity (Wildman–Crippen MR) is 104 cm³/mol. The number of carbonyl (C=O) groups is 1. The Labute approximate surface area is 175 Å². The maximum Gasteiger partial charge on any atom is 0.309 e. The lowest BCUT2D eigenvalue weighted by Gasteiger charge is -2.41. The van der Waals surface area contributed by atoms with Gasteiger partial charge in [-0.3, -0.25) is 4.79 Å². The van der Waals surface area contributed by atoms with Crippen LogP contribution in [0.5, 0.6) is 0 Å². The molecule has 0 amide bonds. The minimum Gasteiger partial charge on any atom is -0.457 e. The first kappa shape index (κ1) is 23.3. The molecule has 2 aliphatic heterocycles. The summed E-state index contributed by atoms with van der Waals surface area (Å²) in [7, 11) is 0. The molecule has 0 saturated carbocycles. The van der Waals surface area contributed by atoms with E-state index < -0.39 is 61.5 Å². The van der Waals surface area contributed by atoms with Crippen molar-refractivity contribution in [1.82, 2.24) is 0 Å². The van der Waals surface area contributed by atoms with E-state index in [2.05, 4.69) is 0 Å². The zero-order chi connectivity index (χ0) is 22.2. The molecule has 2 saturated heterocycles. The van der Waals surface area contributed by atoms with Crippen LogP contribution in [0.15, 0.2) is 23.3 Å². The van der Waals surface area contributed by atoms with Crippen LogP contribution in [-0.4, -0.2) is 87.1 Å². The zero-order valence-electron chi connectivity index (χ0n) is 17.4. The molecule has 3 aliphatic rings. The van der Waals surface area contributed by atoms with E-state index in [1.807, 2.05) is 13.0 Å². The highest BCUT2D eigenvalue weighted by Gasteiger charge is 2.47. The van der Waals surface area contributed by atoms with Crippen molar-refractivity contribution in [2.24, 2.45) is 11.8 Å². The van der Waals surface area contributed by atoms with Gasteiger partial charge in [-0.1, -0.05) is 18.6 Å². The highest BCUT2D eigenvalue weighted by atomic mass is 16.7. The summed E-state index contributed by atoms with van der Waals surface area (Å²) in [5.41, 5.74) is 1.63. The number of aliphatic hydroxyl groups is 5. The highest BCUT2D eigenvalue weighted by Crippen LogP contribution is 2.36. The lowest BCUT2D eigenvalue weighted by atomic mass is 9.82. The first-order valence-electron chi connectivity index (χ1n) is 10.3. The fourth-order valence-electron chi connectivity index (χ4n) is 4.37. The summed E-state index contributed by atoms with van der Waals surface area (Å²) in [6, 6.07) is 0. The molecule has 2 fully saturated rings. The maximum atomic E-state index is 12.1. The average molecular weight is 428 g/mol. The number of aliphatic hydroxyl groups excluding tert-OH is 5. The first-order chi connectivity index (χ1) is 14.1. The minimum absolute atomic E-state index is 0.361. The van der Waals surface area contributed by atoms with Crippen LogP contribution in [0.3, 0.4) is 0 Å². The van der Waals surface area contributed by atoms with Gasteiger partial charge in [-0.25, -0.2) is 0 Å². The molecule has 0 radical (unpaired) electrons. The lowest BCUT2D eigenvalue weighted by molar-refractivity contribution is -0.308. The second-order valence-corrected chi connectivity index (χ2v) is 8.56. The molecule has 0 spiro atoms. The van der Waals surface area contributed by atoms with Crippen LogP contribution >= 0.6 is 0 Å². The number of esters is 1. The van der Waals surface area contributed by atoms with Crippen molar-refractivity contribution >= 4 is 5.97 Å². The van der Waals surface area contributed by atoms with Crippen molar-refractivity contribution in [3.8, 4) is 0 Å². The fraction of sp³-hybridized carbons (Fsp3) is 0.762. The van der Waals surface area contributed by atoms with E-state index in [0.29, 0.717) is 18.4 Å². The Bertz CT molecular complexity index is 688. The van der Waals surface area contributed by atoms with Gasteiger partial charge in [0.1, 0.15) is 30.5 Å². The summed E-state index contributed by atoms with van der Waals surface area (Å²) in [5.74, 6) is -1.19. The monoisotopic (exact) mass is 428 g/mol. The van der Waals surface area contributed by atoms with Gasteiger partial charge >= 0.3 is 5.97 Å². The van der Waals surface area contributed by atoms with Gasteiger partial charge in [0.25, 0.3) is 0 Å². The molecule has 0 aromatic carbocycles. The van der Waals surface area contributed by atoms with E-state index >= 15 is 0 Å². The standard InChI is InChI=1S/C21H32O9/c1-9-4-5-13(29-21-19(26)18(25)17(24)15(8-22)30-21)10(2)7-14-16(12(23)6-9)11(3)20(27)28-14/h4,7,11-19,21-26H,5-6,8H2,1-3H3/b9-4+,10-7+/t11-,12-,13+,14-,15+,16+,17+,18-,19+,21+/m0/s1. The van der Waals surface area contributed by atoms with Crippen LogP contribution < -0.4 is 0 Å². The molecule has 10 atom stereocenters. The molecular formula is C21H32O9. The minimum atomic E-state index is -1.53. The van der Waals surface area contributed by atoms with Gasteiger partial charge < -0.3 is 39.7 Å². The van der Waals surface area contributed by atoms with Crippen molar-refractivity contribution in [3.05, 3.63) is 23.3 Å². The molecule has 0 bridgehead atoms. The van der Waals surface area contributed by atoms with Crippen LogP contribution in [0.2, 0.25) is 0 Å². The summed E-state index contributed by atoms with van der Waals surface area (Å²) in [5, 5.41) is 50.3. The van der Waals surface area contributed by atoms with E-state index in [-0.39, 0.29) is 11.9 Å². The molecule has 0 unspecified atom stereocenters. The van der Waals surface area contributed by atoms with Crippen LogP contribution in [0.1, 0.15) is 33.6 Å². The maximum absolute atomic E-state index is 12.1. The summed E-state index contributed by atoms with van der Waals surface area (Å²) in [4.78, 5) is 12.1. The molecule has 5 N–H and O–H groups in total. The summed E-state index contributed by atoms with van der Waals surface area (Å²) in [6.07, 6.45) is -4.28. The normalized spacial score (nSPS) is 48.7. The van der Waals surface area contributed by atoms with Crippen LogP contribution in [-0.2, 0) is 19.0 Å². The van der Waals surface area contributed by atoms with E-state index in [9.17, 15) is 30.3 Å². The Morgan fingerprint density at radius 2 is 1.83 bits per heavy atom. The Kier molecular flexibility index (Phi) is 7.34. The largest absolute Gasteiger partial charge is 0.457 e. The van der Waals surface area contributed by atoms with Crippen molar-refractivity contribution in [2.45, 2.75) is 82.6 Å². The summed E-state index contributed by atoms with van der Waals surface area (Å²) >= 11 is 0. The molecule has 3 rings (SSSR count). The van der Waals surface area contributed by atoms with Gasteiger partial charge in [-0.2, -0.15) is 0 Å². The van der Waals surface area contributed by atoms with Crippen LogP contribution in [0.25, 0.3) is 0 Å². The molecule has 0 aromatic heterocycles. The molecule has 1 aliphatic carbocycles. The first-order valence-corrected chi connectivity index (χ1v) is 10.3. The second kappa shape index (κ2) is 9.44. The van der Waals surface area contributed by atoms with Gasteiger partial charge in [0.2, 0.25) is 0 Å². The number of hydrogen-bond donors (Lipinski definition) is 5. The zero-order valence-corrected chi connectivity index (χ0v) is 17.4. The van der Waals surface area contributed by atoms with Crippen molar-refractivity contribution in [2.75, 3.05) is 6.61 Å². The smallest absolute Gasteiger partial charge is 0.309 e. The Morgan fingerprint density at radius 1 is 1.13 bits per heavy atom. The van der Waals surface area contributed by atoms with Gasteiger partial charge in [-0.15, -0.1) is 0 Å². The molecule has 2 heterocycles. The van der Waals surface area contributed by atoms with Crippen molar-refractivity contribution < 1.29 is 44.5 Å². The Balaban J connectivity index is 1.85. The fourth-order valence-corrected chi connectivity index (χ4v) is 4.37. The highest BCUT2D eigenvalue weighted by molar-refractivity contribution is 5.75. The molecular weight excluding hydrogens is 396 g/mol. The molecule has 9 heteroatoms. The van der Waals surface area contributed by atoms with Crippen LogP contribution in [0, 0.1) is 11.8 Å². The average Bonchev–Trinajstić information content (AvgIpc) is 2.97. The Hall–Kier alpha value is -1.33. The summed E-state index contributed by atoms with van der Waals surface area (Å²) in [6.45, 7) is 4.87. The topological polar surface area (TPSA) is 146 Å². The van der Waals surface area contributed by atoms with Gasteiger partial charge in [0.05, 0.1) is 24.7 Å². The number of fused-ring (bicyclic) bond motifs is 1. The number of carbonyl (C=O) groups excluding carboxylic acids is 1. The number of rotatable bonds is 3. The SMILES string of the molecule is C/C1=C\C[C@@H](O[C@@H]2O[C@H](CO)[C@@H](O)[C@H](O)[C@H]2O)/C(C)=C/[C@@H]2OC(=O)[C@@H](C)[C@@H]2[C@@H](O)C1. The van der Waals surface area contributed by atoms with Crippen molar-refractivity contribution in [3.63, 3.8) is 0 Å². The molecule has 30 heavy (non-hydrogen) atoms. The number of ether oxygens (including phenoxy) is 3. The number of hydrogen-bond acceptors (Lipinski definition) is 9. The van der Waals surface area contributed by atoms with E-state index in [1.54, 1.807) is 19.9 Å². The van der Waals surface area contributed by atoms with Crippen LogP contribution in [0.4, 0.5) is 0 Å². The van der Waals surface area contributed by atoms with Gasteiger partial charge in [0, 0.05) is 5.92 Å². The van der Waals surface area contributed by atoms with E-state index in [1.165, 1.54) is 0 Å². The lowest BCUT2D eigenvalue weighted by Crippen LogP contribution is -2.59. The van der Waals surface area contributed by atoms with Gasteiger partial charge in [0.15, 0.2) is 6.29 Å². The van der Waals surface area contributed by atoms with E-state index in [0.717, 1.165) is 5.57 Å². The van der Waals surface area contributed by atoms with Crippen molar-refractivity contribution in [1.29, 1.82) is 0 Å². The summed E-state index contributed by atoms with van der Waals surface area (Å²) < 4.78 is 16.9. The molecule has 0 aromatic rings. The second-order valence-electron chi connectivity index (χ2n) is 8.56.